The highest BCUT2D eigenvalue weighted by Crippen LogP contribution is 2.38. The minimum Gasteiger partial charge on any atom is -0.508 e. The van der Waals surface area contributed by atoms with E-state index < -0.39 is 0 Å². The maximum absolute atomic E-state index is 9.52. The lowest BCUT2D eigenvalue weighted by Crippen LogP contribution is -2.12. The summed E-state index contributed by atoms with van der Waals surface area (Å²) in [6.45, 7) is 3.67. The SMILES string of the molecule is C=CCC[C@H](N)c1c(OC)cc(O)cc1OC.Cl. The summed E-state index contributed by atoms with van der Waals surface area (Å²) in [6.07, 6.45) is 3.38. The van der Waals surface area contributed by atoms with Gasteiger partial charge in [0.2, 0.25) is 0 Å². The van der Waals surface area contributed by atoms with Crippen molar-refractivity contribution < 1.29 is 14.6 Å². The zero-order valence-electron chi connectivity index (χ0n) is 10.7. The molecule has 0 bridgehead atoms. The van der Waals surface area contributed by atoms with Crippen LogP contribution in [-0.4, -0.2) is 19.3 Å². The fourth-order valence-corrected chi connectivity index (χ4v) is 1.73. The number of phenols is 1. The van der Waals surface area contributed by atoms with Gasteiger partial charge in [-0.05, 0) is 12.8 Å². The van der Waals surface area contributed by atoms with Gasteiger partial charge in [-0.15, -0.1) is 19.0 Å². The van der Waals surface area contributed by atoms with Gasteiger partial charge in [-0.1, -0.05) is 6.08 Å². The summed E-state index contributed by atoms with van der Waals surface area (Å²) >= 11 is 0. The molecule has 0 radical (unpaired) electrons. The van der Waals surface area contributed by atoms with Crippen molar-refractivity contribution in [1.29, 1.82) is 0 Å². The second-order valence-corrected chi connectivity index (χ2v) is 3.74. The van der Waals surface area contributed by atoms with Gasteiger partial charge >= 0.3 is 0 Å². The van der Waals surface area contributed by atoms with E-state index in [4.69, 9.17) is 15.2 Å². The summed E-state index contributed by atoms with van der Waals surface area (Å²) in [4.78, 5) is 0. The second-order valence-electron chi connectivity index (χ2n) is 3.74. The highest BCUT2D eigenvalue weighted by Gasteiger charge is 2.18. The summed E-state index contributed by atoms with van der Waals surface area (Å²) in [5.74, 6) is 1.18. The van der Waals surface area contributed by atoms with E-state index in [1.807, 2.05) is 6.08 Å². The fraction of sp³-hybridized carbons (Fsp3) is 0.385. The van der Waals surface area contributed by atoms with Crippen LogP contribution in [0.25, 0.3) is 0 Å². The van der Waals surface area contributed by atoms with Gasteiger partial charge < -0.3 is 20.3 Å². The van der Waals surface area contributed by atoms with Crippen LogP contribution in [0.5, 0.6) is 17.2 Å². The quantitative estimate of drug-likeness (QED) is 0.782. The molecule has 0 unspecified atom stereocenters. The van der Waals surface area contributed by atoms with Crippen molar-refractivity contribution in [2.75, 3.05) is 14.2 Å². The number of rotatable bonds is 6. The minimum atomic E-state index is -0.210. The largest absolute Gasteiger partial charge is 0.508 e. The van der Waals surface area contributed by atoms with Gasteiger partial charge in [0.15, 0.2) is 0 Å². The van der Waals surface area contributed by atoms with Crippen molar-refractivity contribution in [2.24, 2.45) is 5.73 Å². The van der Waals surface area contributed by atoms with Gasteiger partial charge in [-0.2, -0.15) is 0 Å². The molecule has 0 spiro atoms. The van der Waals surface area contributed by atoms with Gasteiger partial charge in [0.1, 0.15) is 17.2 Å². The summed E-state index contributed by atoms with van der Waals surface area (Å²) in [7, 11) is 3.08. The van der Waals surface area contributed by atoms with E-state index in [9.17, 15) is 5.11 Å². The zero-order valence-corrected chi connectivity index (χ0v) is 11.5. The molecule has 0 heterocycles. The first-order chi connectivity index (χ1) is 8.13. The van der Waals surface area contributed by atoms with Crippen LogP contribution in [0.15, 0.2) is 24.8 Å². The van der Waals surface area contributed by atoms with Gasteiger partial charge in [0, 0.05) is 18.2 Å². The number of allylic oxidation sites excluding steroid dienone is 1. The molecule has 3 N–H and O–H groups in total. The van der Waals surface area contributed by atoms with Crippen molar-refractivity contribution in [3.05, 3.63) is 30.4 Å². The van der Waals surface area contributed by atoms with Crippen molar-refractivity contribution in [1.82, 2.24) is 0 Å². The highest BCUT2D eigenvalue weighted by atomic mass is 35.5. The molecule has 0 amide bonds. The summed E-state index contributed by atoms with van der Waals surface area (Å²) < 4.78 is 10.4. The maximum Gasteiger partial charge on any atom is 0.131 e. The molecule has 1 aromatic carbocycles. The van der Waals surface area contributed by atoms with Gasteiger partial charge in [0.05, 0.1) is 19.8 Å². The van der Waals surface area contributed by atoms with E-state index in [0.717, 1.165) is 18.4 Å². The first-order valence-corrected chi connectivity index (χ1v) is 5.45. The van der Waals surface area contributed by atoms with Gasteiger partial charge in [-0.25, -0.2) is 0 Å². The highest BCUT2D eigenvalue weighted by molar-refractivity contribution is 5.85. The van der Waals surface area contributed by atoms with E-state index >= 15 is 0 Å². The number of methoxy groups -OCH3 is 2. The lowest BCUT2D eigenvalue weighted by molar-refractivity contribution is 0.369. The number of hydrogen-bond donors (Lipinski definition) is 2. The Labute approximate surface area is 114 Å². The van der Waals surface area contributed by atoms with Crippen LogP contribution in [-0.2, 0) is 0 Å². The number of phenolic OH excluding ortho intramolecular Hbond substituents is 1. The Hall–Kier alpha value is -1.39. The number of benzene rings is 1. The molecule has 1 rings (SSSR count). The van der Waals surface area contributed by atoms with Crippen LogP contribution in [0.4, 0.5) is 0 Å². The Morgan fingerprint density at radius 1 is 1.33 bits per heavy atom. The number of aromatic hydroxyl groups is 1. The molecule has 4 nitrogen and oxygen atoms in total. The van der Waals surface area contributed by atoms with Crippen LogP contribution < -0.4 is 15.2 Å². The topological polar surface area (TPSA) is 64.7 Å². The molecule has 0 saturated heterocycles. The van der Waals surface area contributed by atoms with E-state index in [0.29, 0.717) is 11.5 Å². The molecule has 18 heavy (non-hydrogen) atoms. The maximum atomic E-state index is 9.52. The standard InChI is InChI=1S/C13H19NO3.ClH/c1-4-5-6-10(14)13-11(16-2)7-9(15)8-12(13)17-3;/h4,7-8,10,15H,1,5-6,14H2,2-3H3;1H/t10-;/m0./s1. The molecule has 0 aromatic heterocycles. The van der Waals surface area contributed by atoms with E-state index in [1.54, 1.807) is 0 Å². The van der Waals surface area contributed by atoms with Crippen LogP contribution in [0.1, 0.15) is 24.4 Å². The molecule has 0 fully saturated rings. The van der Waals surface area contributed by atoms with Crippen molar-refractivity contribution in [3.63, 3.8) is 0 Å². The third-order valence-corrected chi connectivity index (χ3v) is 2.58. The number of halogens is 1. The van der Waals surface area contributed by atoms with Crippen molar-refractivity contribution in [3.8, 4) is 17.2 Å². The van der Waals surface area contributed by atoms with Gasteiger partial charge in [-0.3, -0.25) is 0 Å². The molecule has 102 valence electrons. The van der Waals surface area contributed by atoms with Crippen molar-refractivity contribution in [2.45, 2.75) is 18.9 Å². The Kier molecular flexibility index (Phi) is 7.24. The Morgan fingerprint density at radius 3 is 2.22 bits per heavy atom. The lowest BCUT2D eigenvalue weighted by Gasteiger charge is -2.18. The zero-order chi connectivity index (χ0) is 12.8. The number of nitrogens with two attached hydrogens (primary N) is 1. The van der Waals surface area contributed by atoms with Crippen molar-refractivity contribution >= 4 is 12.4 Å². The molecule has 0 aliphatic carbocycles. The van der Waals surface area contributed by atoms with Crippen LogP contribution in [0.3, 0.4) is 0 Å². The smallest absolute Gasteiger partial charge is 0.131 e. The fourth-order valence-electron chi connectivity index (χ4n) is 1.73. The first kappa shape index (κ1) is 16.6. The Morgan fingerprint density at radius 2 is 1.83 bits per heavy atom. The third kappa shape index (κ3) is 3.82. The summed E-state index contributed by atoms with van der Waals surface area (Å²) in [5.41, 5.74) is 6.87. The predicted molar refractivity (Wildman–Crippen MR) is 74.8 cm³/mol. The summed E-state index contributed by atoms with van der Waals surface area (Å²) in [6, 6.07) is 2.86. The normalized spacial score (nSPS) is 11.3. The van der Waals surface area contributed by atoms with Gasteiger partial charge in [0.25, 0.3) is 0 Å². The minimum absolute atomic E-state index is 0. The Balaban J connectivity index is 0.00000289. The second kappa shape index (κ2) is 7.84. The first-order valence-electron chi connectivity index (χ1n) is 5.45. The molecular formula is C13H20ClNO3. The van der Waals surface area contributed by atoms with E-state index in [1.165, 1.54) is 26.4 Å². The van der Waals surface area contributed by atoms with Crippen LogP contribution in [0, 0.1) is 0 Å². The monoisotopic (exact) mass is 273 g/mol. The lowest BCUT2D eigenvalue weighted by atomic mass is 10.0. The third-order valence-electron chi connectivity index (χ3n) is 2.58. The summed E-state index contributed by atoms with van der Waals surface area (Å²) in [5, 5.41) is 9.52. The van der Waals surface area contributed by atoms with Crippen LogP contribution >= 0.6 is 12.4 Å². The van der Waals surface area contributed by atoms with E-state index in [-0.39, 0.29) is 24.2 Å². The van der Waals surface area contributed by atoms with Crippen LogP contribution in [0.2, 0.25) is 0 Å². The molecular weight excluding hydrogens is 254 g/mol. The molecule has 0 aliphatic heterocycles. The molecule has 5 heteroatoms. The number of ether oxygens (including phenoxy) is 2. The molecule has 1 atom stereocenters. The molecule has 0 saturated carbocycles. The number of hydrogen-bond acceptors (Lipinski definition) is 4. The molecule has 1 aromatic rings. The average Bonchev–Trinajstić information content (AvgIpc) is 2.34. The Bertz CT molecular complexity index is 371. The average molecular weight is 274 g/mol. The predicted octanol–water partition coefficient (Wildman–Crippen LogP) is 2.80. The van der Waals surface area contributed by atoms with E-state index in [2.05, 4.69) is 6.58 Å². The molecule has 0 aliphatic rings.